The first-order valence-electron chi connectivity index (χ1n) is 4.07. The van der Waals surface area contributed by atoms with Crippen LogP contribution in [0.1, 0.15) is 33.6 Å². The Hall–Kier alpha value is -0.0800. The van der Waals surface area contributed by atoms with Gasteiger partial charge in [0.2, 0.25) is 0 Å². The highest BCUT2D eigenvalue weighted by molar-refractivity contribution is 4.76. The molecular formula is C8H20N2. The van der Waals surface area contributed by atoms with Crippen molar-refractivity contribution in [1.82, 2.24) is 5.32 Å². The van der Waals surface area contributed by atoms with Gasteiger partial charge in [-0.25, -0.2) is 0 Å². The van der Waals surface area contributed by atoms with E-state index in [9.17, 15) is 0 Å². The summed E-state index contributed by atoms with van der Waals surface area (Å²) in [7, 11) is 0. The first kappa shape index (κ1) is 9.92. The van der Waals surface area contributed by atoms with E-state index in [-0.39, 0.29) is 5.54 Å². The molecule has 0 amide bonds. The molecule has 0 radical (unpaired) electrons. The lowest BCUT2D eigenvalue weighted by Crippen LogP contribution is -2.41. The van der Waals surface area contributed by atoms with Crippen LogP contribution >= 0.6 is 0 Å². The van der Waals surface area contributed by atoms with Crippen LogP contribution in [0.4, 0.5) is 0 Å². The highest BCUT2D eigenvalue weighted by atomic mass is 14.9. The summed E-state index contributed by atoms with van der Waals surface area (Å²) in [6.07, 6.45) is 2.24. The van der Waals surface area contributed by atoms with Gasteiger partial charge in [-0.05, 0) is 39.8 Å². The molecule has 0 rings (SSSR count). The summed E-state index contributed by atoms with van der Waals surface area (Å²) < 4.78 is 0. The zero-order valence-electron chi connectivity index (χ0n) is 7.41. The lowest BCUT2D eigenvalue weighted by atomic mass is 10.0. The molecule has 62 valence electrons. The fraction of sp³-hybridized carbons (Fsp3) is 1.00. The first-order valence-corrected chi connectivity index (χ1v) is 4.07. The van der Waals surface area contributed by atoms with Crippen LogP contribution in [0.5, 0.6) is 0 Å². The molecule has 0 spiro atoms. The fourth-order valence-corrected chi connectivity index (χ4v) is 0.913. The molecule has 2 heteroatoms. The molecule has 0 atom stereocenters. The number of hydrogen-bond acceptors (Lipinski definition) is 2. The van der Waals surface area contributed by atoms with Gasteiger partial charge in [-0.15, -0.1) is 0 Å². The van der Waals surface area contributed by atoms with Crippen molar-refractivity contribution in [3.63, 3.8) is 0 Å². The average Bonchev–Trinajstić information content (AvgIpc) is 1.84. The van der Waals surface area contributed by atoms with Gasteiger partial charge in [0, 0.05) is 5.54 Å². The van der Waals surface area contributed by atoms with E-state index in [2.05, 4.69) is 26.1 Å². The van der Waals surface area contributed by atoms with Crippen molar-refractivity contribution < 1.29 is 0 Å². The zero-order valence-corrected chi connectivity index (χ0v) is 7.41. The van der Waals surface area contributed by atoms with Gasteiger partial charge in [0.1, 0.15) is 0 Å². The smallest absolute Gasteiger partial charge is 0.0137 e. The topological polar surface area (TPSA) is 38.0 Å². The molecule has 0 heterocycles. The lowest BCUT2D eigenvalue weighted by molar-refractivity contribution is 0.368. The number of rotatable bonds is 5. The van der Waals surface area contributed by atoms with Crippen LogP contribution in [-0.2, 0) is 0 Å². The van der Waals surface area contributed by atoms with E-state index in [1.165, 1.54) is 6.42 Å². The Morgan fingerprint density at radius 2 is 2.00 bits per heavy atom. The highest BCUT2D eigenvalue weighted by Crippen LogP contribution is 2.05. The lowest BCUT2D eigenvalue weighted by Gasteiger charge is -2.25. The van der Waals surface area contributed by atoms with Crippen LogP contribution < -0.4 is 11.1 Å². The summed E-state index contributed by atoms with van der Waals surface area (Å²) in [5, 5.41) is 3.43. The Bertz CT molecular complexity index is 79.3. The minimum atomic E-state index is 0.227. The molecule has 0 aliphatic heterocycles. The van der Waals surface area contributed by atoms with E-state index in [1.807, 2.05) is 0 Å². The van der Waals surface area contributed by atoms with Gasteiger partial charge in [-0.2, -0.15) is 0 Å². The normalized spacial score (nSPS) is 12.0. The van der Waals surface area contributed by atoms with E-state index in [0.717, 1.165) is 19.5 Å². The van der Waals surface area contributed by atoms with Gasteiger partial charge >= 0.3 is 0 Å². The summed E-state index contributed by atoms with van der Waals surface area (Å²) in [6, 6.07) is 0. The van der Waals surface area contributed by atoms with E-state index in [4.69, 9.17) is 5.73 Å². The Kier molecular flexibility index (Phi) is 4.65. The standard InChI is InChI=1S/C8H20N2/c1-4-7-10-8(2,3)5-6-9/h10H,4-7,9H2,1-3H3. The van der Waals surface area contributed by atoms with Gasteiger partial charge in [-0.3, -0.25) is 0 Å². The summed E-state index contributed by atoms with van der Waals surface area (Å²) in [4.78, 5) is 0. The molecule has 0 unspecified atom stereocenters. The Morgan fingerprint density at radius 3 is 2.40 bits per heavy atom. The molecule has 0 fully saturated rings. The maximum Gasteiger partial charge on any atom is 0.0137 e. The Morgan fingerprint density at radius 1 is 1.40 bits per heavy atom. The Labute approximate surface area is 64.2 Å². The van der Waals surface area contributed by atoms with Crippen LogP contribution in [0.15, 0.2) is 0 Å². The van der Waals surface area contributed by atoms with Crippen LogP contribution in [0, 0.1) is 0 Å². The SMILES string of the molecule is CCCNC(C)(C)CCN. The minimum Gasteiger partial charge on any atom is -0.330 e. The predicted octanol–water partition coefficient (Wildman–Crippen LogP) is 1.11. The summed E-state index contributed by atoms with van der Waals surface area (Å²) in [5.74, 6) is 0. The van der Waals surface area contributed by atoms with Gasteiger partial charge in [0.15, 0.2) is 0 Å². The third-order valence-corrected chi connectivity index (χ3v) is 1.62. The summed E-state index contributed by atoms with van der Waals surface area (Å²) >= 11 is 0. The predicted molar refractivity (Wildman–Crippen MR) is 46.0 cm³/mol. The number of nitrogens with two attached hydrogens (primary N) is 1. The van der Waals surface area contributed by atoms with E-state index < -0.39 is 0 Å². The molecule has 0 aliphatic carbocycles. The summed E-state index contributed by atoms with van der Waals surface area (Å²) in [6.45, 7) is 8.41. The quantitative estimate of drug-likeness (QED) is 0.606. The van der Waals surface area contributed by atoms with Crippen molar-refractivity contribution in [2.45, 2.75) is 39.2 Å². The molecular weight excluding hydrogens is 124 g/mol. The molecule has 3 N–H and O–H groups in total. The largest absolute Gasteiger partial charge is 0.330 e. The number of nitrogens with one attached hydrogen (secondary N) is 1. The highest BCUT2D eigenvalue weighted by Gasteiger charge is 2.13. The molecule has 0 saturated heterocycles. The fourth-order valence-electron chi connectivity index (χ4n) is 0.913. The van der Waals surface area contributed by atoms with Crippen molar-refractivity contribution in [2.24, 2.45) is 5.73 Å². The molecule has 0 bridgehead atoms. The van der Waals surface area contributed by atoms with Crippen LogP contribution in [0.25, 0.3) is 0 Å². The number of hydrogen-bond donors (Lipinski definition) is 2. The monoisotopic (exact) mass is 144 g/mol. The van der Waals surface area contributed by atoms with Crippen LogP contribution in [0.3, 0.4) is 0 Å². The maximum absolute atomic E-state index is 5.45. The van der Waals surface area contributed by atoms with Crippen LogP contribution in [-0.4, -0.2) is 18.6 Å². The molecule has 0 aromatic rings. The molecule has 0 saturated carbocycles. The third-order valence-electron chi connectivity index (χ3n) is 1.62. The second-order valence-electron chi connectivity index (χ2n) is 3.35. The molecule has 10 heavy (non-hydrogen) atoms. The average molecular weight is 144 g/mol. The van der Waals surface area contributed by atoms with E-state index in [0.29, 0.717) is 0 Å². The maximum atomic E-state index is 5.45. The second kappa shape index (κ2) is 4.69. The van der Waals surface area contributed by atoms with Gasteiger partial charge in [0.05, 0.1) is 0 Å². The van der Waals surface area contributed by atoms with Crippen molar-refractivity contribution in [3.05, 3.63) is 0 Å². The molecule has 0 aliphatic rings. The summed E-state index contributed by atoms with van der Waals surface area (Å²) in [5.41, 5.74) is 5.67. The van der Waals surface area contributed by atoms with Gasteiger partial charge in [-0.1, -0.05) is 6.92 Å². The molecule has 2 nitrogen and oxygen atoms in total. The van der Waals surface area contributed by atoms with Gasteiger partial charge < -0.3 is 11.1 Å². The minimum absolute atomic E-state index is 0.227. The third kappa shape index (κ3) is 4.77. The first-order chi connectivity index (χ1) is 4.62. The van der Waals surface area contributed by atoms with Crippen molar-refractivity contribution >= 4 is 0 Å². The van der Waals surface area contributed by atoms with E-state index >= 15 is 0 Å². The zero-order chi connectivity index (χ0) is 8.04. The van der Waals surface area contributed by atoms with Crippen molar-refractivity contribution in [3.8, 4) is 0 Å². The molecule has 0 aromatic heterocycles. The van der Waals surface area contributed by atoms with Crippen molar-refractivity contribution in [1.29, 1.82) is 0 Å². The van der Waals surface area contributed by atoms with Gasteiger partial charge in [0.25, 0.3) is 0 Å². The van der Waals surface area contributed by atoms with Crippen LogP contribution in [0.2, 0.25) is 0 Å². The van der Waals surface area contributed by atoms with E-state index in [1.54, 1.807) is 0 Å². The van der Waals surface area contributed by atoms with Crippen molar-refractivity contribution in [2.75, 3.05) is 13.1 Å². The molecule has 0 aromatic carbocycles. The Balaban J connectivity index is 3.42. The second-order valence-corrected chi connectivity index (χ2v) is 3.35.